The zero-order chi connectivity index (χ0) is 13.0. The summed E-state index contributed by atoms with van der Waals surface area (Å²) in [5.74, 6) is -0.228. The Balaban J connectivity index is 1.79. The number of carboxylic acids is 1. The Labute approximate surface area is 107 Å². The Morgan fingerprint density at radius 3 is 2.72 bits per heavy atom. The molecule has 4 nitrogen and oxygen atoms in total. The maximum Gasteiger partial charge on any atom is 0.328 e. The van der Waals surface area contributed by atoms with E-state index in [1.54, 1.807) is 0 Å². The SMILES string of the molecule is NC1=N[C@H](C(=O)O)CC1CCCc1ccccc1. The number of carboxylic acid groups (broad SMARTS) is 1. The van der Waals surface area contributed by atoms with Crippen LogP contribution in [-0.4, -0.2) is 23.0 Å². The fraction of sp³-hybridized carbons (Fsp3) is 0.429. The molecular formula is C14H18N2O2. The first-order chi connectivity index (χ1) is 8.66. The molecule has 1 aromatic carbocycles. The first-order valence-electron chi connectivity index (χ1n) is 6.26. The monoisotopic (exact) mass is 246 g/mol. The molecule has 3 N–H and O–H groups in total. The first kappa shape index (κ1) is 12.6. The lowest BCUT2D eigenvalue weighted by Crippen LogP contribution is -2.20. The molecule has 1 aromatic rings. The summed E-state index contributed by atoms with van der Waals surface area (Å²) in [5, 5.41) is 8.89. The molecule has 4 heteroatoms. The van der Waals surface area contributed by atoms with Gasteiger partial charge in [0, 0.05) is 5.92 Å². The number of nitrogens with two attached hydrogens (primary N) is 1. The highest BCUT2D eigenvalue weighted by molar-refractivity contribution is 5.89. The maximum absolute atomic E-state index is 10.8. The van der Waals surface area contributed by atoms with E-state index in [0.29, 0.717) is 12.3 Å². The number of amidine groups is 1. The molecular weight excluding hydrogens is 228 g/mol. The van der Waals surface area contributed by atoms with E-state index in [2.05, 4.69) is 17.1 Å². The number of nitrogens with zero attached hydrogens (tertiary/aromatic N) is 1. The molecule has 1 aliphatic rings. The predicted molar refractivity (Wildman–Crippen MR) is 70.5 cm³/mol. The molecule has 0 fully saturated rings. The molecule has 0 aromatic heterocycles. The lowest BCUT2D eigenvalue weighted by Gasteiger charge is -2.09. The molecule has 0 saturated heterocycles. The van der Waals surface area contributed by atoms with Crippen LogP contribution in [0.5, 0.6) is 0 Å². The van der Waals surface area contributed by atoms with Gasteiger partial charge in [-0.15, -0.1) is 0 Å². The van der Waals surface area contributed by atoms with Gasteiger partial charge in [-0.1, -0.05) is 30.3 Å². The smallest absolute Gasteiger partial charge is 0.328 e. The van der Waals surface area contributed by atoms with Gasteiger partial charge in [-0.2, -0.15) is 0 Å². The van der Waals surface area contributed by atoms with Crippen molar-refractivity contribution in [3.05, 3.63) is 35.9 Å². The van der Waals surface area contributed by atoms with Crippen molar-refractivity contribution in [3.8, 4) is 0 Å². The third kappa shape index (κ3) is 3.09. The topological polar surface area (TPSA) is 75.7 Å². The van der Waals surface area contributed by atoms with Crippen LogP contribution < -0.4 is 5.73 Å². The number of rotatable bonds is 5. The van der Waals surface area contributed by atoms with E-state index < -0.39 is 12.0 Å². The molecule has 0 aliphatic carbocycles. The second-order valence-electron chi connectivity index (χ2n) is 4.72. The fourth-order valence-corrected chi connectivity index (χ4v) is 2.35. The highest BCUT2D eigenvalue weighted by Gasteiger charge is 2.30. The average Bonchev–Trinajstić information content (AvgIpc) is 2.73. The second kappa shape index (κ2) is 5.67. The van der Waals surface area contributed by atoms with Crippen molar-refractivity contribution in [2.75, 3.05) is 0 Å². The summed E-state index contributed by atoms with van der Waals surface area (Å²) in [6.45, 7) is 0. The zero-order valence-corrected chi connectivity index (χ0v) is 10.2. The Morgan fingerprint density at radius 2 is 2.11 bits per heavy atom. The van der Waals surface area contributed by atoms with Crippen LogP contribution in [0.4, 0.5) is 0 Å². The summed E-state index contributed by atoms with van der Waals surface area (Å²) in [4.78, 5) is 14.8. The van der Waals surface area contributed by atoms with Crippen molar-refractivity contribution in [1.82, 2.24) is 0 Å². The minimum absolute atomic E-state index is 0.134. The van der Waals surface area contributed by atoms with Crippen LogP contribution in [0.25, 0.3) is 0 Å². The van der Waals surface area contributed by atoms with Gasteiger partial charge in [-0.3, -0.25) is 4.99 Å². The molecule has 0 saturated carbocycles. The quantitative estimate of drug-likeness (QED) is 0.832. The molecule has 0 amide bonds. The van der Waals surface area contributed by atoms with E-state index in [9.17, 15) is 4.79 Å². The molecule has 0 spiro atoms. The van der Waals surface area contributed by atoms with Gasteiger partial charge in [0.05, 0.1) is 5.84 Å². The molecule has 96 valence electrons. The van der Waals surface area contributed by atoms with Crippen molar-refractivity contribution >= 4 is 11.8 Å². The summed E-state index contributed by atoms with van der Waals surface area (Å²) in [6.07, 6.45) is 3.48. The summed E-state index contributed by atoms with van der Waals surface area (Å²) >= 11 is 0. The minimum Gasteiger partial charge on any atom is -0.480 e. The molecule has 1 aliphatic heterocycles. The van der Waals surface area contributed by atoms with Gasteiger partial charge in [0.1, 0.15) is 6.04 Å². The van der Waals surface area contributed by atoms with Crippen LogP contribution >= 0.6 is 0 Å². The number of benzene rings is 1. The van der Waals surface area contributed by atoms with E-state index in [0.717, 1.165) is 19.3 Å². The molecule has 1 unspecified atom stereocenters. The van der Waals surface area contributed by atoms with Crippen LogP contribution in [0.2, 0.25) is 0 Å². The number of hydrogen-bond acceptors (Lipinski definition) is 3. The zero-order valence-electron chi connectivity index (χ0n) is 10.2. The summed E-state index contributed by atoms with van der Waals surface area (Å²) in [6, 6.07) is 9.63. The number of hydrogen-bond donors (Lipinski definition) is 2. The average molecular weight is 246 g/mol. The molecule has 2 rings (SSSR count). The van der Waals surface area contributed by atoms with Gasteiger partial charge in [0.2, 0.25) is 0 Å². The fourth-order valence-electron chi connectivity index (χ4n) is 2.35. The molecule has 0 bridgehead atoms. The van der Waals surface area contributed by atoms with Crippen molar-refractivity contribution < 1.29 is 9.90 Å². The van der Waals surface area contributed by atoms with E-state index in [4.69, 9.17) is 10.8 Å². The highest BCUT2D eigenvalue weighted by atomic mass is 16.4. The Bertz CT molecular complexity index is 442. The van der Waals surface area contributed by atoms with Crippen molar-refractivity contribution in [2.45, 2.75) is 31.7 Å². The normalized spacial score (nSPS) is 22.8. The lowest BCUT2D eigenvalue weighted by atomic mass is 9.95. The predicted octanol–water partition coefficient (Wildman–Crippen LogP) is 1.84. The highest BCUT2D eigenvalue weighted by Crippen LogP contribution is 2.23. The number of aryl methyl sites for hydroxylation is 1. The number of aliphatic carboxylic acids is 1. The third-order valence-corrected chi connectivity index (χ3v) is 3.38. The van der Waals surface area contributed by atoms with Crippen molar-refractivity contribution in [2.24, 2.45) is 16.6 Å². The van der Waals surface area contributed by atoms with Crippen LogP contribution in [0.1, 0.15) is 24.8 Å². The van der Waals surface area contributed by atoms with Gasteiger partial charge in [0.25, 0.3) is 0 Å². The Kier molecular flexibility index (Phi) is 3.97. The maximum atomic E-state index is 10.8. The van der Waals surface area contributed by atoms with Gasteiger partial charge >= 0.3 is 5.97 Å². The molecule has 0 radical (unpaired) electrons. The van der Waals surface area contributed by atoms with Gasteiger partial charge in [-0.25, -0.2) is 4.79 Å². The molecule has 2 atom stereocenters. The minimum atomic E-state index is -0.872. The first-order valence-corrected chi connectivity index (χ1v) is 6.26. The van der Waals surface area contributed by atoms with Gasteiger partial charge in [0.15, 0.2) is 0 Å². The van der Waals surface area contributed by atoms with Gasteiger partial charge in [-0.05, 0) is 31.2 Å². The second-order valence-corrected chi connectivity index (χ2v) is 4.72. The Morgan fingerprint density at radius 1 is 1.39 bits per heavy atom. The Hall–Kier alpha value is -1.84. The largest absolute Gasteiger partial charge is 0.480 e. The van der Waals surface area contributed by atoms with Crippen LogP contribution in [0, 0.1) is 5.92 Å². The van der Waals surface area contributed by atoms with Crippen molar-refractivity contribution in [1.29, 1.82) is 0 Å². The van der Waals surface area contributed by atoms with E-state index in [1.807, 2.05) is 18.2 Å². The molecule has 18 heavy (non-hydrogen) atoms. The summed E-state index contributed by atoms with van der Waals surface area (Å²) < 4.78 is 0. The van der Waals surface area contributed by atoms with Crippen LogP contribution in [0.3, 0.4) is 0 Å². The van der Waals surface area contributed by atoms with E-state index in [-0.39, 0.29) is 5.92 Å². The van der Waals surface area contributed by atoms with Gasteiger partial charge < -0.3 is 10.8 Å². The van der Waals surface area contributed by atoms with Crippen molar-refractivity contribution in [3.63, 3.8) is 0 Å². The summed E-state index contributed by atoms with van der Waals surface area (Å²) in [7, 11) is 0. The third-order valence-electron chi connectivity index (χ3n) is 3.38. The standard InChI is InChI=1S/C14H18N2O2/c15-13-11(9-12(16-13)14(17)18)8-4-7-10-5-2-1-3-6-10/h1-3,5-6,11-12H,4,7-9H2,(H2,15,16)(H,17,18)/t11?,12-/m0/s1. The number of carbonyl (C=O) groups is 1. The van der Waals surface area contributed by atoms with Crippen LogP contribution in [-0.2, 0) is 11.2 Å². The molecule has 1 heterocycles. The number of aliphatic imine (C=N–C) groups is 1. The van der Waals surface area contributed by atoms with E-state index in [1.165, 1.54) is 5.56 Å². The van der Waals surface area contributed by atoms with E-state index >= 15 is 0 Å². The lowest BCUT2D eigenvalue weighted by molar-refractivity contribution is -0.138. The van der Waals surface area contributed by atoms with Crippen LogP contribution in [0.15, 0.2) is 35.3 Å². The summed E-state index contributed by atoms with van der Waals surface area (Å²) in [5.41, 5.74) is 7.08.